The molecule has 0 radical (unpaired) electrons. The van der Waals surface area contributed by atoms with Crippen molar-refractivity contribution in [1.82, 2.24) is 4.90 Å². The van der Waals surface area contributed by atoms with E-state index < -0.39 is 0 Å². The van der Waals surface area contributed by atoms with Gasteiger partial charge in [0.2, 0.25) is 0 Å². The molecule has 0 aliphatic rings. The molecule has 0 unspecified atom stereocenters. The quantitative estimate of drug-likeness (QED) is 0.136. The normalized spacial score (nSPS) is 10.9. The van der Waals surface area contributed by atoms with Crippen molar-refractivity contribution in [2.24, 2.45) is 0 Å². The minimum atomic E-state index is 0.861. The van der Waals surface area contributed by atoms with Crippen molar-refractivity contribution in [3.63, 3.8) is 0 Å². The van der Waals surface area contributed by atoms with E-state index >= 15 is 0 Å². The van der Waals surface area contributed by atoms with E-state index in [0.29, 0.717) is 0 Å². The lowest BCUT2D eigenvalue weighted by molar-refractivity contribution is 0.421. The number of unbranched alkanes of at least 4 members (excludes halogenated alkanes) is 9. The molecule has 31 heavy (non-hydrogen) atoms. The van der Waals surface area contributed by atoms with Crippen LogP contribution in [0.25, 0.3) is 0 Å². The highest BCUT2D eigenvalue weighted by Crippen LogP contribution is 2.28. The molecule has 1 nitrogen and oxygen atoms in total. The van der Waals surface area contributed by atoms with Crippen molar-refractivity contribution in [1.29, 1.82) is 0 Å². The van der Waals surface area contributed by atoms with Crippen molar-refractivity contribution in [3.8, 4) is 0 Å². The summed E-state index contributed by atoms with van der Waals surface area (Å²) < 4.78 is 0.991. The average Bonchev–Trinajstić information content (AvgIpc) is 2.80. The lowest BCUT2D eigenvalue weighted by Crippen LogP contribution is -2.26. The average molecular weight is 474 g/mol. The number of hydrogen-bond acceptors (Lipinski definition) is 3. The lowest BCUT2D eigenvalue weighted by atomic mass is 10.1. The molecule has 0 aliphatic carbocycles. The van der Waals surface area contributed by atoms with E-state index in [1.165, 1.54) is 81.1 Å². The van der Waals surface area contributed by atoms with Crippen molar-refractivity contribution >= 4 is 38.1 Å². The van der Waals surface area contributed by atoms with Crippen LogP contribution in [0, 0.1) is 0 Å². The predicted molar refractivity (Wildman–Crippen MR) is 147 cm³/mol. The zero-order valence-electron chi connectivity index (χ0n) is 19.1. The molecule has 0 amide bonds. The summed E-state index contributed by atoms with van der Waals surface area (Å²) in [4.78, 5) is 2.33. The van der Waals surface area contributed by atoms with Crippen LogP contribution in [-0.4, -0.2) is 15.0 Å². The third kappa shape index (κ3) is 12.6. The molecule has 2 aromatic carbocycles. The summed E-state index contributed by atoms with van der Waals surface area (Å²) in [6.45, 7) is 4.01. The Balaban J connectivity index is 1.63. The molecule has 0 saturated carbocycles. The maximum Gasteiger partial charge on any atom is 0.147 e. The van der Waals surface area contributed by atoms with Gasteiger partial charge in [0.25, 0.3) is 0 Å². The van der Waals surface area contributed by atoms with E-state index in [4.69, 9.17) is 12.2 Å². The molecule has 0 atom stereocenters. The van der Waals surface area contributed by atoms with Crippen molar-refractivity contribution in [2.45, 2.75) is 84.2 Å². The molecule has 170 valence electrons. The molecular weight excluding hydrogens is 435 g/mol. The fourth-order valence-corrected chi connectivity index (χ4v) is 6.11. The van der Waals surface area contributed by atoms with E-state index in [1.807, 2.05) is 10.8 Å². The van der Waals surface area contributed by atoms with Gasteiger partial charge in [-0.1, -0.05) is 148 Å². The molecule has 4 heteroatoms. The number of nitrogens with zero attached hydrogens (tertiary/aromatic N) is 1. The fourth-order valence-electron chi connectivity index (χ4n) is 3.59. The molecule has 2 aromatic rings. The summed E-state index contributed by atoms with van der Waals surface area (Å²) in [5.74, 6) is 1.19. The first kappa shape index (κ1) is 26.3. The van der Waals surface area contributed by atoms with Gasteiger partial charge in [0.1, 0.15) is 4.32 Å². The molecule has 0 saturated heterocycles. The SMILES string of the molecule is CCCCCCCCCCCCSSC(=S)N(Cc1ccccc1)Cc1ccccc1. The standard InChI is InChI=1S/C27H39NS3/c1-2-3-4-5-6-7-8-9-10-17-22-30-31-27(29)28(23-25-18-13-11-14-19-25)24-26-20-15-12-16-21-26/h11-16,18-21H,2-10,17,22-24H2,1H3. The number of benzene rings is 2. The smallest absolute Gasteiger partial charge is 0.147 e. The van der Waals surface area contributed by atoms with Gasteiger partial charge in [-0.3, -0.25) is 0 Å². The maximum absolute atomic E-state index is 5.82. The second kappa shape index (κ2) is 17.6. The van der Waals surface area contributed by atoms with Gasteiger partial charge < -0.3 is 4.90 Å². The molecule has 2 rings (SSSR count). The molecular formula is C27H39NS3. The zero-order valence-corrected chi connectivity index (χ0v) is 21.6. The van der Waals surface area contributed by atoms with Gasteiger partial charge in [-0.25, -0.2) is 0 Å². The van der Waals surface area contributed by atoms with E-state index in [9.17, 15) is 0 Å². The number of rotatable bonds is 16. The third-order valence-electron chi connectivity index (χ3n) is 5.40. The Labute approximate surface area is 204 Å². The maximum atomic E-state index is 5.82. The molecule has 0 fully saturated rings. The molecule has 0 heterocycles. The van der Waals surface area contributed by atoms with Crippen LogP contribution in [0.1, 0.15) is 82.3 Å². The van der Waals surface area contributed by atoms with Crippen LogP contribution in [-0.2, 0) is 13.1 Å². The summed E-state index contributed by atoms with van der Waals surface area (Å²) in [6, 6.07) is 21.3. The van der Waals surface area contributed by atoms with Gasteiger partial charge in [0.05, 0.1) is 0 Å². The summed E-state index contributed by atoms with van der Waals surface area (Å²) in [5, 5.41) is 0. The van der Waals surface area contributed by atoms with E-state index in [0.717, 1.165) is 17.4 Å². The highest BCUT2D eigenvalue weighted by Gasteiger charge is 2.12. The number of thiocarbonyl (C=S) groups is 1. The fraction of sp³-hybridized carbons (Fsp3) is 0.519. The van der Waals surface area contributed by atoms with Gasteiger partial charge in [0, 0.05) is 18.8 Å². The Kier molecular flexibility index (Phi) is 14.9. The van der Waals surface area contributed by atoms with Crippen molar-refractivity contribution in [2.75, 3.05) is 5.75 Å². The first-order valence-corrected chi connectivity index (χ1v) is 14.7. The van der Waals surface area contributed by atoms with Crippen LogP contribution in [0.2, 0.25) is 0 Å². The first-order valence-electron chi connectivity index (χ1n) is 12.0. The van der Waals surface area contributed by atoms with E-state index in [2.05, 4.69) is 72.5 Å². The monoisotopic (exact) mass is 473 g/mol. The Morgan fingerprint density at radius 1 is 0.677 bits per heavy atom. The minimum Gasteiger partial charge on any atom is -0.348 e. The number of hydrogen-bond donors (Lipinski definition) is 0. The second-order valence-electron chi connectivity index (χ2n) is 8.18. The van der Waals surface area contributed by atoms with Crippen LogP contribution in [0.15, 0.2) is 60.7 Å². The topological polar surface area (TPSA) is 3.24 Å². The van der Waals surface area contributed by atoms with Crippen molar-refractivity contribution < 1.29 is 0 Å². The Bertz CT molecular complexity index is 649. The Morgan fingerprint density at radius 2 is 1.13 bits per heavy atom. The van der Waals surface area contributed by atoms with Crippen LogP contribution in [0.4, 0.5) is 0 Å². The van der Waals surface area contributed by atoms with Crippen LogP contribution in [0.3, 0.4) is 0 Å². The van der Waals surface area contributed by atoms with Gasteiger partial charge in [0.15, 0.2) is 0 Å². The lowest BCUT2D eigenvalue weighted by Gasteiger charge is -2.25. The van der Waals surface area contributed by atoms with E-state index in [-0.39, 0.29) is 0 Å². The Morgan fingerprint density at radius 3 is 1.61 bits per heavy atom. The summed E-state index contributed by atoms with van der Waals surface area (Å²) in [6.07, 6.45) is 13.9. The van der Waals surface area contributed by atoms with Crippen LogP contribution in [0.5, 0.6) is 0 Å². The van der Waals surface area contributed by atoms with Gasteiger partial charge >= 0.3 is 0 Å². The molecule has 0 aromatic heterocycles. The second-order valence-corrected chi connectivity index (χ2v) is 11.2. The third-order valence-corrected chi connectivity index (χ3v) is 8.53. The molecule has 0 N–H and O–H groups in total. The van der Waals surface area contributed by atoms with Crippen LogP contribution >= 0.6 is 33.8 Å². The van der Waals surface area contributed by atoms with Gasteiger partial charge in [-0.15, -0.1) is 0 Å². The van der Waals surface area contributed by atoms with Crippen molar-refractivity contribution in [3.05, 3.63) is 71.8 Å². The highest BCUT2D eigenvalue weighted by molar-refractivity contribution is 8.83. The molecule has 0 spiro atoms. The molecule has 0 bridgehead atoms. The first-order chi connectivity index (χ1) is 15.3. The van der Waals surface area contributed by atoms with Crippen LogP contribution < -0.4 is 0 Å². The Hall–Kier alpha value is -0.970. The highest BCUT2D eigenvalue weighted by atomic mass is 33.1. The largest absolute Gasteiger partial charge is 0.348 e. The predicted octanol–water partition coefficient (Wildman–Crippen LogP) is 9.28. The molecule has 0 aliphatic heterocycles. The minimum absolute atomic E-state index is 0.861. The summed E-state index contributed by atoms with van der Waals surface area (Å²) >= 11 is 5.82. The zero-order chi connectivity index (χ0) is 22.0. The van der Waals surface area contributed by atoms with Gasteiger partial charge in [-0.05, 0) is 28.3 Å². The summed E-state index contributed by atoms with van der Waals surface area (Å²) in [7, 11) is 3.70. The van der Waals surface area contributed by atoms with E-state index in [1.54, 1.807) is 10.8 Å². The van der Waals surface area contributed by atoms with Gasteiger partial charge in [-0.2, -0.15) is 0 Å². The summed E-state index contributed by atoms with van der Waals surface area (Å²) in [5.41, 5.74) is 2.61.